The molecule has 124 valence electrons. The highest BCUT2D eigenvalue weighted by Gasteiger charge is 2.16. The molecule has 1 amide bonds. The average Bonchev–Trinajstić information content (AvgIpc) is 2.55. The summed E-state index contributed by atoms with van der Waals surface area (Å²) < 4.78 is 5.26. The number of morpholine rings is 1. The van der Waals surface area contributed by atoms with Gasteiger partial charge in [-0.1, -0.05) is 24.3 Å². The summed E-state index contributed by atoms with van der Waals surface area (Å²) in [5.41, 5.74) is 2.91. The normalized spacial score (nSPS) is 14.2. The van der Waals surface area contributed by atoms with Crippen LogP contribution in [0.2, 0.25) is 0 Å². The van der Waals surface area contributed by atoms with E-state index >= 15 is 0 Å². The Morgan fingerprint density at radius 3 is 2.57 bits per heavy atom. The van der Waals surface area contributed by atoms with Crippen molar-refractivity contribution in [3.05, 3.63) is 42.0 Å². The maximum Gasteiger partial charge on any atom is 0.227 e. The fourth-order valence-corrected chi connectivity index (χ4v) is 2.40. The molecule has 1 heterocycles. The van der Waals surface area contributed by atoms with Gasteiger partial charge < -0.3 is 20.3 Å². The summed E-state index contributed by atoms with van der Waals surface area (Å²) in [7, 11) is 0. The smallest absolute Gasteiger partial charge is 0.227 e. The summed E-state index contributed by atoms with van der Waals surface area (Å²) in [5.74, 6) is 0.146. The quantitative estimate of drug-likeness (QED) is 0.637. The van der Waals surface area contributed by atoms with Crippen LogP contribution in [0.25, 0.3) is 0 Å². The highest BCUT2D eigenvalue weighted by Crippen LogP contribution is 2.11. The van der Waals surface area contributed by atoms with Crippen LogP contribution in [0, 0.1) is 0 Å². The molecule has 0 saturated carbocycles. The van der Waals surface area contributed by atoms with Crippen molar-refractivity contribution in [1.82, 2.24) is 10.2 Å². The number of anilines is 1. The van der Waals surface area contributed by atoms with Crippen molar-refractivity contribution >= 4 is 28.9 Å². The number of ether oxygens (including phenoxy) is 1. The van der Waals surface area contributed by atoms with E-state index in [-0.39, 0.29) is 5.91 Å². The van der Waals surface area contributed by atoms with Crippen LogP contribution in [0.5, 0.6) is 0 Å². The highest BCUT2D eigenvalue weighted by atomic mass is 32.1. The summed E-state index contributed by atoms with van der Waals surface area (Å²) in [6.07, 6.45) is 0.415. The minimum atomic E-state index is 0.146. The third kappa shape index (κ3) is 6.00. The molecule has 2 rings (SSSR count). The summed E-state index contributed by atoms with van der Waals surface area (Å²) >= 11 is 5.21. The van der Waals surface area contributed by atoms with Crippen LogP contribution in [0.15, 0.2) is 36.4 Å². The second-order valence-electron chi connectivity index (χ2n) is 5.63. The molecule has 1 fully saturated rings. The van der Waals surface area contributed by atoms with Gasteiger partial charge in [0.1, 0.15) is 0 Å². The van der Waals surface area contributed by atoms with Gasteiger partial charge in [-0.25, -0.2) is 0 Å². The van der Waals surface area contributed by atoms with Crippen LogP contribution in [0.4, 0.5) is 5.69 Å². The Kier molecular flexibility index (Phi) is 6.55. The zero-order valence-corrected chi connectivity index (χ0v) is 14.2. The third-order valence-electron chi connectivity index (χ3n) is 3.48. The molecule has 2 N–H and O–H groups in total. The SMILES string of the molecule is C=C(C)CNC(=S)Nc1ccc(CC(=O)N2CCOCC2)cc1. The molecule has 6 heteroatoms. The van der Waals surface area contributed by atoms with E-state index in [2.05, 4.69) is 17.2 Å². The molecule has 5 nitrogen and oxygen atoms in total. The predicted molar refractivity (Wildman–Crippen MR) is 96.6 cm³/mol. The van der Waals surface area contributed by atoms with Crippen LogP contribution in [-0.4, -0.2) is 48.8 Å². The second-order valence-corrected chi connectivity index (χ2v) is 6.04. The molecular weight excluding hydrogens is 310 g/mol. The fourth-order valence-electron chi connectivity index (χ4n) is 2.21. The maximum atomic E-state index is 12.2. The van der Waals surface area contributed by atoms with Gasteiger partial charge in [-0.05, 0) is 36.8 Å². The van der Waals surface area contributed by atoms with Gasteiger partial charge in [0.2, 0.25) is 5.91 Å². The van der Waals surface area contributed by atoms with E-state index in [4.69, 9.17) is 17.0 Å². The Morgan fingerprint density at radius 1 is 1.30 bits per heavy atom. The number of thiocarbonyl (C=S) groups is 1. The van der Waals surface area contributed by atoms with E-state index in [0.29, 0.717) is 44.4 Å². The second kappa shape index (κ2) is 8.64. The van der Waals surface area contributed by atoms with Crippen LogP contribution in [0.1, 0.15) is 12.5 Å². The van der Waals surface area contributed by atoms with Crippen molar-refractivity contribution in [3.8, 4) is 0 Å². The van der Waals surface area contributed by atoms with E-state index in [9.17, 15) is 4.79 Å². The van der Waals surface area contributed by atoms with E-state index in [1.54, 1.807) is 0 Å². The zero-order valence-electron chi connectivity index (χ0n) is 13.4. The number of hydrogen-bond acceptors (Lipinski definition) is 3. The maximum absolute atomic E-state index is 12.2. The molecule has 1 aromatic carbocycles. The number of nitrogens with zero attached hydrogens (tertiary/aromatic N) is 1. The first-order valence-corrected chi connectivity index (χ1v) is 8.09. The van der Waals surface area contributed by atoms with Crippen LogP contribution < -0.4 is 10.6 Å². The molecule has 1 aromatic rings. The Hall–Kier alpha value is -1.92. The van der Waals surface area contributed by atoms with Gasteiger partial charge in [-0.15, -0.1) is 0 Å². The van der Waals surface area contributed by atoms with E-state index in [1.165, 1.54) is 0 Å². The van der Waals surface area contributed by atoms with Crippen molar-refractivity contribution < 1.29 is 9.53 Å². The Morgan fingerprint density at radius 2 is 1.96 bits per heavy atom. The van der Waals surface area contributed by atoms with Gasteiger partial charge >= 0.3 is 0 Å². The predicted octanol–water partition coefficient (Wildman–Crippen LogP) is 1.95. The minimum absolute atomic E-state index is 0.146. The van der Waals surface area contributed by atoms with Gasteiger partial charge in [0.05, 0.1) is 19.6 Å². The number of carbonyl (C=O) groups excluding carboxylic acids is 1. The number of rotatable bonds is 5. The molecular formula is C17H23N3O2S. The van der Waals surface area contributed by atoms with Gasteiger partial charge in [0, 0.05) is 25.3 Å². The molecule has 0 bridgehead atoms. The number of carbonyl (C=O) groups is 1. The summed E-state index contributed by atoms with van der Waals surface area (Å²) in [6.45, 7) is 9.03. The summed E-state index contributed by atoms with van der Waals surface area (Å²) in [4.78, 5) is 14.0. The molecule has 0 aliphatic carbocycles. The first kappa shape index (κ1) is 17.4. The molecule has 0 spiro atoms. The highest BCUT2D eigenvalue weighted by molar-refractivity contribution is 7.80. The van der Waals surface area contributed by atoms with Crippen molar-refractivity contribution in [2.24, 2.45) is 0 Å². The van der Waals surface area contributed by atoms with Crippen LogP contribution >= 0.6 is 12.2 Å². The van der Waals surface area contributed by atoms with Gasteiger partial charge in [-0.3, -0.25) is 4.79 Å². The topological polar surface area (TPSA) is 53.6 Å². The van der Waals surface area contributed by atoms with Crippen LogP contribution in [0.3, 0.4) is 0 Å². The Labute approximate surface area is 142 Å². The monoisotopic (exact) mass is 333 g/mol. The number of hydrogen-bond donors (Lipinski definition) is 2. The van der Waals surface area contributed by atoms with E-state index in [0.717, 1.165) is 16.8 Å². The van der Waals surface area contributed by atoms with E-state index in [1.807, 2.05) is 36.1 Å². The molecule has 1 aliphatic heterocycles. The van der Waals surface area contributed by atoms with E-state index < -0.39 is 0 Å². The fraction of sp³-hybridized carbons (Fsp3) is 0.412. The molecule has 23 heavy (non-hydrogen) atoms. The minimum Gasteiger partial charge on any atom is -0.378 e. The molecule has 1 aliphatic rings. The molecule has 0 radical (unpaired) electrons. The standard InChI is InChI=1S/C17H23N3O2S/c1-13(2)12-18-17(23)19-15-5-3-14(4-6-15)11-16(21)20-7-9-22-10-8-20/h3-6H,1,7-12H2,2H3,(H2,18,19,23). The van der Waals surface area contributed by atoms with Crippen molar-refractivity contribution in [1.29, 1.82) is 0 Å². The van der Waals surface area contributed by atoms with Crippen molar-refractivity contribution in [3.63, 3.8) is 0 Å². The van der Waals surface area contributed by atoms with Gasteiger partial charge in [-0.2, -0.15) is 0 Å². The third-order valence-corrected chi connectivity index (χ3v) is 3.73. The zero-order chi connectivity index (χ0) is 16.7. The van der Waals surface area contributed by atoms with Crippen molar-refractivity contribution in [2.75, 3.05) is 38.2 Å². The largest absolute Gasteiger partial charge is 0.378 e. The Balaban J connectivity index is 1.82. The lowest BCUT2D eigenvalue weighted by atomic mass is 10.1. The molecule has 0 unspecified atom stereocenters. The number of benzene rings is 1. The van der Waals surface area contributed by atoms with Crippen LogP contribution in [-0.2, 0) is 16.0 Å². The van der Waals surface area contributed by atoms with Gasteiger partial charge in [0.25, 0.3) is 0 Å². The lowest BCUT2D eigenvalue weighted by molar-refractivity contribution is -0.134. The number of nitrogens with one attached hydrogen (secondary N) is 2. The first-order valence-electron chi connectivity index (χ1n) is 7.68. The molecule has 0 aromatic heterocycles. The molecule has 1 saturated heterocycles. The first-order chi connectivity index (χ1) is 11.0. The van der Waals surface area contributed by atoms with Crippen molar-refractivity contribution in [2.45, 2.75) is 13.3 Å². The summed E-state index contributed by atoms with van der Waals surface area (Å²) in [6, 6.07) is 7.75. The Bertz CT molecular complexity index is 566. The lowest BCUT2D eigenvalue weighted by Gasteiger charge is -2.26. The summed E-state index contributed by atoms with van der Waals surface area (Å²) in [5, 5.41) is 6.74. The average molecular weight is 333 g/mol. The molecule has 0 atom stereocenters. The lowest BCUT2D eigenvalue weighted by Crippen LogP contribution is -2.41. The van der Waals surface area contributed by atoms with Gasteiger partial charge in [0.15, 0.2) is 5.11 Å². The number of amides is 1.